The zero-order valence-corrected chi connectivity index (χ0v) is 14.8. The van der Waals surface area contributed by atoms with Crippen molar-refractivity contribution >= 4 is 24.4 Å². The van der Waals surface area contributed by atoms with Crippen molar-refractivity contribution < 1.29 is 0 Å². The summed E-state index contributed by atoms with van der Waals surface area (Å²) in [4.78, 5) is 0. The third kappa shape index (κ3) is 4.64. The van der Waals surface area contributed by atoms with Crippen molar-refractivity contribution in [3.63, 3.8) is 0 Å². The minimum absolute atomic E-state index is 0.861. The van der Waals surface area contributed by atoms with Crippen molar-refractivity contribution in [3.8, 4) is 0 Å². The van der Waals surface area contributed by atoms with Crippen molar-refractivity contribution in [3.05, 3.63) is 34.3 Å². The summed E-state index contributed by atoms with van der Waals surface area (Å²) in [7, 11) is 3.93. The Balaban J connectivity index is 1.53. The molecule has 0 aliphatic carbocycles. The maximum atomic E-state index is 5.29. The minimum atomic E-state index is 0.861. The SMILES string of the molecule is Cn1ccn(CCNCCNCCn2ccn(C)c2=S)c1=S. The molecular weight excluding hydrogens is 316 g/mol. The summed E-state index contributed by atoms with van der Waals surface area (Å²) in [5, 5.41) is 6.83. The summed E-state index contributed by atoms with van der Waals surface area (Å²) in [6, 6.07) is 0. The monoisotopic (exact) mass is 340 g/mol. The molecule has 2 aromatic heterocycles. The second-order valence-electron chi connectivity index (χ2n) is 5.27. The first-order chi connectivity index (χ1) is 10.6. The fourth-order valence-electron chi connectivity index (χ4n) is 2.19. The maximum absolute atomic E-state index is 5.29. The zero-order valence-electron chi connectivity index (χ0n) is 13.2. The molecule has 0 atom stereocenters. The molecule has 0 aliphatic heterocycles. The first-order valence-electron chi connectivity index (χ1n) is 7.44. The molecule has 0 bridgehead atoms. The van der Waals surface area contributed by atoms with Crippen LogP contribution in [0.2, 0.25) is 0 Å². The predicted molar refractivity (Wildman–Crippen MR) is 94.2 cm³/mol. The maximum Gasteiger partial charge on any atom is 0.179 e. The predicted octanol–water partition coefficient (Wildman–Crippen LogP) is 1.30. The standard InChI is InChI=1S/C14H24N6S2/c1-17-9-11-19(13(17)21)7-5-15-3-4-16-6-8-20-12-10-18(2)14(20)22/h9-12,15-16H,3-8H2,1-2H3. The molecular formula is C14H24N6S2. The van der Waals surface area contributed by atoms with E-state index in [1.165, 1.54) is 0 Å². The Morgan fingerprint density at radius 1 is 0.727 bits per heavy atom. The first kappa shape index (κ1) is 17.1. The van der Waals surface area contributed by atoms with Crippen LogP contribution in [0.1, 0.15) is 0 Å². The van der Waals surface area contributed by atoms with E-state index in [-0.39, 0.29) is 0 Å². The van der Waals surface area contributed by atoms with Crippen molar-refractivity contribution in [2.75, 3.05) is 26.2 Å². The molecule has 0 aromatic carbocycles. The third-order valence-corrected chi connectivity index (χ3v) is 4.62. The van der Waals surface area contributed by atoms with Gasteiger partial charge >= 0.3 is 0 Å². The molecule has 2 heterocycles. The van der Waals surface area contributed by atoms with E-state index >= 15 is 0 Å². The number of imidazole rings is 2. The molecule has 0 saturated heterocycles. The van der Waals surface area contributed by atoms with E-state index in [9.17, 15) is 0 Å². The Bertz CT molecular complexity index is 632. The van der Waals surface area contributed by atoms with Gasteiger partial charge in [-0.05, 0) is 24.4 Å². The van der Waals surface area contributed by atoms with Crippen LogP contribution in [0.25, 0.3) is 0 Å². The molecule has 0 saturated carbocycles. The molecule has 22 heavy (non-hydrogen) atoms. The molecule has 0 unspecified atom stereocenters. The van der Waals surface area contributed by atoms with Crippen LogP contribution in [0.5, 0.6) is 0 Å². The summed E-state index contributed by atoms with van der Waals surface area (Å²) in [5.74, 6) is 0. The van der Waals surface area contributed by atoms with Gasteiger partial charge in [-0.2, -0.15) is 0 Å². The normalized spacial score (nSPS) is 11.2. The number of nitrogens with zero attached hydrogens (tertiary/aromatic N) is 4. The van der Waals surface area contributed by atoms with E-state index in [4.69, 9.17) is 24.4 Å². The van der Waals surface area contributed by atoms with Gasteiger partial charge in [0.1, 0.15) is 0 Å². The van der Waals surface area contributed by atoms with E-state index in [0.717, 1.165) is 48.8 Å². The van der Waals surface area contributed by atoms with Crippen molar-refractivity contribution in [2.45, 2.75) is 13.1 Å². The van der Waals surface area contributed by atoms with E-state index in [1.54, 1.807) is 0 Å². The van der Waals surface area contributed by atoms with E-state index in [0.29, 0.717) is 0 Å². The van der Waals surface area contributed by atoms with Gasteiger partial charge in [0, 0.05) is 78.2 Å². The average Bonchev–Trinajstić information content (AvgIpc) is 2.99. The lowest BCUT2D eigenvalue weighted by Gasteiger charge is -2.08. The molecule has 0 aliphatic rings. The lowest BCUT2D eigenvalue weighted by Crippen LogP contribution is -2.31. The number of nitrogens with one attached hydrogen (secondary N) is 2. The molecule has 2 rings (SSSR count). The topological polar surface area (TPSA) is 43.8 Å². The van der Waals surface area contributed by atoms with Gasteiger partial charge in [-0.3, -0.25) is 0 Å². The molecule has 2 aromatic rings. The lowest BCUT2D eigenvalue weighted by atomic mass is 10.5. The number of hydrogen-bond donors (Lipinski definition) is 2. The van der Waals surface area contributed by atoms with Crippen LogP contribution < -0.4 is 10.6 Å². The highest BCUT2D eigenvalue weighted by molar-refractivity contribution is 7.71. The van der Waals surface area contributed by atoms with E-state index in [2.05, 4.69) is 19.8 Å². The quantitative estimate of drug-likeness (QED) is 0.534. The zero-order chi connectivity index (χ0) is 15.9. The molecule has 0 amide bonds. The van der Waals surface area contributed by atoms with Gasteiger partial charge in [0.15, 0.2) is 9.54 Å². The minimum Gasteiger partial charge on any atom is -0.327 e. The Labute approximate surface area is 141 Å². The highest BCUT2D eigenvalue weighted by Gasteiger charge is 1.97. The number of aromatic nitrogens is 4. The summed E-state index contributed by atoms with van der Waals surface area (Å²) in [6.07, 6.45) is 8.01. The van der Waals surface area contributed by atoms with Gasteiger partial charge in [0.25, 0.3) is 0 Å². The Kier molecular flexibility index (Phi) is 6.56. The first-order valence-corrected chi connectivity index (χ1v) is 8.26. The molecule has 8 heteroatoms. The summed E-state index contributed by atoms with van der Waals surface area (Å²) >= 11 is 10.6. The third-order valence-electron chi connectivity index (χ3n) is 3.57. The second kappa shape index (κ2) is 8.42. The number of hydrogen-bond acceptors (Lipinski definition) is 4. The Morgan fingerprint density at radius 3 is 1.45 bits per heavy atom. The van der Waals surface area contributed by atoms with Crippen LogP contribution in [0.4, 0.5) is 0 Å². The molecule has 0 fully saturated rings. The molecule has 2 N–H and O–H groups in total. The van der Waals surface area contributed by atoms with Crippen molar-refractivity contribution in [1.29, 1.82) is 0 Å². The van der Waals surface area contributed by atoms with Gasteiger partial charge in [-0.15, -0.1) is 0 Å². The Morgan fingerprint density at radius 2 is 1.14 bits per heavy atom. The van der Waals surface area contributed by atoms with Crippen LogP contribution >= 0.6 is 24.4 Å². The number of aryl methyl sites for hydroxylation is 2. The fourth-order valence-corrected chi connectivity index (χ4v) is 2.61. The van der Waals surface area contributed by atoms with Crippen LogP contribution in [0.15, 0.2) is 24.8 Å². The largest absolute Gasteiger partial charge is 0.327 e. The van der Waals surface area contributed by atoms with Gasteiger partial charge in [0.05, 0.1) is 0 Å². The molecule has 122 valence electrons. The van der Waals surface area contributed by atoms with Crippen LogP contribution in [-0.4, -0.2) is 44.4 Å². The molecule has 0 radical (unpaired) electrons. The highest BCUT2D eigenvalue weighted by atomic mass is 32.1. The van der Waals surface area contributed by atoms with Crippen molar-refractivity contribution in [2.24, 2.45) is 14.1 Å². The van der Waals surface area contributed by atoms with E-state index < -0.39 is 0 Å². The van der Waals surface area contributed by atoms with Gasteiger partial charge in [-0.1, -0.05) is 0 Å². The Hall–Kier alpha value is -1.22. The fraction of sp³-hybridized carbons (Fsp3) is 0.571. The van der Waals surface area contributed by atoms with Crippen LogP contribution in [-0.2, 0) is 27.2 Å². The van der Waals surface area contributed by atoms with Gasteiger partial charge in [-0.25, -0.2) is 0 Å². The van der Waals surface area contributed by atoms with Crippen LogP contribution in [0, 0.1) is 9.54 Å². The number of rotatable bonds is 9. The summed E-state index contributed by atoms with van der Waals surface area (Å²) in [5.41, 5.74) is 0. The lowest BCUT2D eigenvalue weighted by molar-refractivity contribution is 0.543. The summed E-state index contributed by atoms with van der Waals surface area (Å²) in [6.45, 7) is 5.53. The average molecular weight is 341 g/mol. The van der Waals surface area contributed by atoms with Gasteiger partial charge < -0.3 is 28.9 Å². The van der Waals surface area contributed by atoms with E-state index in [1.807, 2.05) is 48.0 Å². The van der Waals surface area contributed by atoms with Gasteiger partial charge in [0.2, 0.25) is 0 Å². The van der Waals surface area contributed by atoms with Crippen molar-refractivity contribution in [1.82, 2.24) is 28.9 Å². The molecule has 6 nitrogen and oxygen atoms in total. The summed E-state index contributed by atoms with van der Waals surface area (Å²) < 4.78 is 9.77. The highest BCUT2D eigenvalue weighted by Crippen LogP contribution is 1.94. The second-order valence-corrected chi connectivity index (χ2v) is 6.00. The molecule has 0 spiro atoms. The van der Waals surface area contributed by atoms with Crippen LogP contribution in [0.3, 0.4) is 0 Å². The smallest absolute Gasteiger partial charge is 0.179 e.